The molecule has 0 saturated carbocycles. The minimum atomic E-state index is -2.76. The highest BCUT2D eigenvalue weighted by Gasteiger charge is 2.49. The van der Waals surface area contributed by atoms with Gasteiger partial charge in [0.05, 0.1) is 5.67 Å². The summed E-state index contributed by atoms with van der Waals surface area (Å²) in [5.41, 5.74) is 0.481. The molecule has 0 aliphatic carbocycles. The van der Waals surface area contributed by atoms with E-state index in [9.17, 15) is 0 Å². The van der Waals surface area contributed by atoms with Crippen molar-refractivity contribution in [2.45, 2.75) is 78.6 Å². The maximum atomic E-state index is 6.09. The third-order valence-corrected chi connectivity index (χ3v) is 9.72. The maximum Gasteiger partial charge on any atom is 0.518 e. The highest BCUT2D eigenvalue weighted by atomic mass is 28.4. The fraction of sp³-hybridized carbons (Fsp3) is 1.00. The molecule has 0 aromatic rings. The summed E-state index contributed by atoms with van der Waals surface area (Å²) in [6, 6.07) is 0. The number of nitrogens with one attached hydrogen (secondary N) is 1. The monoisotopic (exact) mass is 395 g/mol. The minimum absolute atomic E-state index is 0.0488. The number of ether oxygens (including phenoxy) is 2. The number of rotatable bonds is 17. The molecule has 2 unspecified atom stereocenters. The van der Waals surface area contributed by atoms with Crippen LogP contribution in [0.3, 0.4) is 0 Å². The van der Waals surface area contributed by atoms with Gasteiger partial charge in [-0.1, -0.05) is 13.8 Å². The summed E-state index contributed by atoms with van der Waals surface area (Å²) in [6.07, 6.45) is 1.94. The molecule has 25 heavy (non-hydrogen) atoms. The molecule has 0 aliphatic heterocycles. The van der Waals surface area contributed by atoms with E-state index in [2.05, 4.69) is 19.2 Å². The Morgan fingerprint density at radius 2 is 1.20 bits per heavy atom. The molecule has 0 heterocycles. The molecule has 0 fully saturated rings. The maximum absolute atomic E-state index is 6.09. The van der Waals surface area contributed by atoms with Crippen molar-refractivity contribution in [1.29, 1.82) is 0 Å². The largest absolute Gasteiger partial charge is 0.518 e. The van der Waals surface area contributed by atoms with Crippen molar-refractivity contribution in [3.63, 3.8) is 0 Å². The van der Waals surface area contributed by atoms with Crippen LogP contribution in [-0.2, 0) is 22.8 Å². The molecule has 152 valence electrons. The minimum Gasteiger partial charge on any atom is -0.373 e. The smallest absolute Gasteiger partial charge is 0.373 e. The molecule has 0 aliphatic rings. The summed E-state index contributed by atoms with van der Waals surface area (Å²) in [4.78, 5) is 0. The van der Waals surface area contributed by atoms with E-state index in [0.29, 0.717) is 38.7 Å². The summed E-state index contributed by atoms with van der Waals surface area (Å²) < 4.78 is 29.8. The normalized spacial score (nSPS) is 15.4. The van der Waals surface area contributed by atoms with Crippen LogP contribution < -0.4 is 5.32 Å². The summed E-state index contributed by atoms with van der Waals surface area (Å²) in [5, 5.41) is 3.78. The van der Waals surface area contributed by atoms with E-state index < -0.39 is 18.3 Å². The van der Waals surface area contributed by atoms with E-state index in [4.69, 9.17) is 22.8 Å². The van der Waals surface area contributed by atoms with Crippen LogP contribution in [-0.4, -0.2) is 68.6 Å². The molecule has 0 amide bonds. The molecule has 0 aromatic carbocycles. The van der Waals surface area contributed by atoms with Gasteiger partial charge in [-0.25, -0.2) is 0 Å². The first-order valence-corrected chi connectivity index (χ1v) is 13.4. The molecular weight excluding hydrogens is 354 g/mol. The van der Waals surface area contributed by atoms with Crippen LogP contribution in [0.1, 0.15) is 61.3 Å². The van der Waals surface area contributed by atoms with Gasteiger partial charge in [-0.2, -0.15) is 0 Å². The van der Waals surface area contributed by atoms with Crippen LogP contribution in [0.25, 0.3) is 0 Å². The third-order valence-electron chi connectivity index (χ3n) is 3.98. The highest BCUT2D eigenvalue weighted by Crippen LogP contribution is 2.19. The van der Waals surface area contributed by atoms with Crippen molar-refractivity contribution in [2.24, 2.45) is 0 Å². The van der Waals surface area contributed by atoms with Crippen molar-refractivity contribution in [3.05, 3.63) is 0 Å². The molecule has 0 spiro atoms. The van der Waals surface area contributed by atoms with Gasteiger partial charge in [0.1, 0.15) is 15.4 Å². The van der Waals surface area contributed by atoms with Crippen molar-refractivity contribution in [1.82, 2.24) is 5.32 Å². The van der Waals surface area contributed by atoms with Gasteiger partial charge in [-0.05, 0) is 53.1 Å². The molecule has 0 aromatic heterocycles. The molecule has 0 saturated heterocycles. The first kappa shape index (κ1) is 25.2. The Morgan fingerprint density at radius 1 is 0.720 bits per heavy atom. The second kappa shape index (κ2) is 15.3. The fourth-order valence-electron chi connectivity index (χ4n) is 2.93. The van der Waals surface area contributed by atoms with E-state index >= 15 is 0 Å². The first-order chi connectivity index (χ1) is 12.1. The van der Waals surface area contributed by atoms with E-state index in [1.54, 1.807) is 0 Å². The zero-order valence-corrected chi connectivity index (χ0v) is 19.8. The Kier molecular flexibility index (Phi) is 15.4. The van der Waals surface area contributed by atoms with Gasteiger partial charge in [-0.3, -0.25) is 0 Å². The van der Waals surface area contributed by atoms with E-state index in [-0.39, 0.29) is 11.6 Å². The zero-order valence-electron chi connectivity index (χ0n) is 17.4. The lowest BCUT2D eigenvalue weighted by Crippen LogP contribution is -2.64. The molecule has 6 nitrogen and oxygen atoms in total. The molecule has 0 rings (SSSR count). The molecule has 0 bridgehead atoms. The molecule has 0 radical (unpaired) electrons. The first-order valence-electron chi connectivity index (χ1n) is 9.98. The summed E-state index contributed by atoms with van der Waals surface area (Å²) in [6.45, 7) is 17.5. The zero-order chi connectivity index (χ0) is 19.1. The molecule has 1 N–H and O–H groups in total. The topological polar surface area (TPSA) is 58.2 Å². The molecular formula is C17H41NO5Si2. The molecule has 2 atom stereocenters. The van der Waals surface area contributed by atoms with E-state index in [1.807, 2.05) is 34.6 Å². The Labute approximate surface area is 158 Å². The van der Waals surface area contributed by atoms with Crippen molar-refractivity contribution in [3.8, 4) is 0 Å². The van der Waals surface area contributed by atoms with Crippen molar-refractivity contribution in [2.75, 3.05) is 33.0 Å². The summed E-state index contributed by atoms with van der Waals surface area (Å²) >= 11 is 0. The summed E-state index contributed by atoms with van der Waals surface area (Å²) in [7, 11) is -3.40. The lowest BCUT2D eigenvalue weighted by atomic mass is 10.4. The Bertz CT molecular complexity index is 290. The van der Waals surface area contributed by atoms with E-state index in [1.165, 1.54) is 0 Å². The quantitative estimate of drug-likeness (QED) is 0.301. The predicted octanol–water partition coefficient (Wildman–Crippen LogP) is 2.20. The average Bonchev–Trinajstić information content (AvgIpc) is 2.59. The number of hydrogen-bond acceptors (Lipinski definition) is 6. The van der Waals surface area contributed by atoms with Crippen LogP contribution in [0.5, 0.6) is 0 Å². The highest BCUT2D eigenvalue weighted by molar-refractivity contribution is 6.62. The second-order valence-electron chi connectivity index (χ2n) is 5.71. The van der Waals surface area contributed by atoms with Gasteiger partial charge < -0.3 is 28.1 Å². The number of hydrogen-bond donors (Lipinski definition) is 1. The summed E-state index contributed by atoms with van der Waals surface area (Å²) in [5.74, 6) is -0.0488. The molecule has 8 heteroatoms. The average molecular weight is 396 g/mol. The SMILES string of the molecule is CCOC(OCC)[SiH2]C(CC)NC(CC)[Si](OCC)(OCC)OCC. The van der Waals surface area contributed by atoms with Gasteiger partial charge in [0.2, 0.25) is 0 Å². The lowest BCUT2D eigenvalue weighted by molar-refractivity contribution is -0.0836. The van der Waals surface area contributed by atoms with Gasteiger partial charge in [0.25, 0.3) is 0 Å². The van der Waals surface area contributed by atoms with Crippen molar-refractivity contribution < 1.29 is 22.8 Å². The van der Waals surface area contributed by atoms with Gasteiger partial charge in [0, 0.05) is 33.0 Å². The Hall–Kier alpha value is 0.194. The second-order valence-corrected chi connectivity index (χ2v) is 10.6. The lowest BCUT2D eigenvalue weighted by Gasteiger charge is -2.37. The van der Waals surface area contributed by atoms with Crippen LogP contribution in [0, 0.1) is 0 Å². The van der Waals surface area contributed by atoms with Crippen LogP contribution in [0.2, 0.25) is 0 Å². The fourth-order valence-corrected chi connectivity index (χ4v) is 8.12. The van der Waals surface area contributed by atoms with E-state index in [0.717, 1.165) is 12.8 Å². The van der Waals surface area contributed by atoms with Gasteiger partial charge >= 0.3 is 8.80 Å². The van der Waals surface area contributed by atoms with Gasteiger partial charge in [0.15, 0.2) is 0 Å². The predicted molar refractivity (Wildman–Crippen MR) is 108 cm³/mol. The standard InChI is InChI=1S/C17H41NO5Si2/c1-8-15(24-17(19-10-3)20-11-4)18-16(9-2)25(21-12-5,22-13-6)23-14-7/h15-18H,8-14,24H2,1-7H3. The van der Waals surface area contributed by atoms with Crippen LogP contribution >= 0.6 is 0 Å². The van der Waals surface area contributed by atoms with Crippen LogP contribution in [0.15, 0.2) is 0 Å². The van der Waals surface area contributed by atoms with Crippen molar-refractivity contribution >= 4 is 18.3 Å². The third kappa shape index (κ3) is 9.10. The Balaban J connectivity index is 5.16. The van der Waals surface area contributed by atoms with Crippen LogP contribution in [0.4, 0.5) is 0 Å². The Morgan fingerprint density at radius 3 is 1.52 bits per heavy atom. The van der Waals surface area contributed by atoms with Gasteiger partial charge in [-0.15, -0.1) is 0 Å².